The Morgan fingerprint density at radius 3 is 2.67 bits per heavy atom. The maximum absolute atomic E-state index is 10.3. The molecule has 0 atom stereocenters. The molecular formula is C10H13NO. The second kappa shape index (κ2) is 3.90. The van der Waals surface area contributed by atoms with Gasteiger partial charge in [0.2, 0.25) is 6.41 Å². The molecule has 1 amide bonds. The third kappa shape index (κ3) is 2.09. The minimum absolute atomic E-state index is 0.691. The van der Waals surface area contributed by atoms with Gasteiger partial charge in [-0.15, -0.1) is 0 Å². The molecule has 0 spiro atoms. The molecule has 2 nitrogen and oxygen atoms in total. The summed E-state index contributed by atoms with van der Waals surface area (Å²) in [6, 6.07) is 8.07. The van der Waals surface area contributed by atoms with Crippen molar-refractivity contribution in [3.8, 4) is 0 Å². The summed E-state index contributed by atoms with van der Waals surface area (Å²) in [7, 11) is 1.78. The first-order chi connectivity index (χ1) is 5.74. The number of amides is 1. The molecule has 0 aliphatic heterocycles. The van der Waals surface area contributed by atoms with Gasteiger partial charge in [0.15, 0.2) is 0 Å². The predicted octanol–water partition coefficient (Wildman–Crippen LogP) is 1.58. The average molecular weight is 163 g/mol. The zero-order valence-corrected chi connectivity index (χ0v) is 7.45. The Bertz CT molecular complexity index is 270. The summed E-state index contributed by atoms with van der Waals surface area (Å²) in [5, 5.41) is 0. The lowest BCUT2D eigenvalue weighted by atomic mass is 10.1. The van der Waals surface area contributed by atoms with Gasteiger partial charge in [0.25, 0.3) is 0 Å². The number of carbonyl (C=O) groups excluding carboxylic acids is 1. The molecule has 64 valence electrons. The zero-order valence-electron chi connectivity index (χ0n) is 7.45. The smallest absolute Gasteiger partial charge is 0.209 e. The second-order valence-corrected chi connectivity index (χ2v) is 2.95. The van der Waals surface area contributed by atoms with Crippen molar-refractivity contribution in [1.82, 2.24) is 4.90 Å². The van der Waals surface area contributed by atoms with Crippen LogP contribution in [-0.2, 0) is 11.3 Å². The van der Waals surface area contributed by atoms with Crippen molar-refractivity contribution >= 4 is 6.41 Å². The van der Waals surface area contributed by atoms with Crippen LogP contribution in [0.4, 0.5) is 0 Å². The SMILES string of the molecule is Cc1ccccc1CN(C)C=O. The van der Waals surface area contributed by atoms with E-state index in [0.29, 0.717) is 6.54 Å². The maximum atomic E-state index is 10.3. The van der Waals surface area contributed by atoms with E-state index in [9.17, 15) is 4.79 Å². The van der Waals surface area contributed by atoms with Crippen LogP contribution in [0.25, 0.3) is 0 Å². The van der Waals surface area contributed by atoms with E-state index in [1.807, 2.05) is 31.2 Å². The number of carbonyl (C=O) groups is 1. The monoisotopic (exact) mass is 163 g/mol. The van der Waals surface area contributed by atoms with Crippen molar-refractivity contribution < 1.29 is 4.79 Å². The molecule has 0 saturated heterocycles. The molecule has 2 heteroatoms. The molecule has 1 aromatic rings. The number of benzene rings is 1. The molecule has 0 N–H and O–H groups in total. The molecule has 0 saturated carbocycles. The van der Waals surface area contributed by atoms with Gasteiger partial charge >= 0.3 is 0 Å². The Morgan fingerprint density at radius 2 is 2.08 bits per heavy atom. The molecule has 0 heterocycles. The average Bonchev–Trinajstić information content (AvgIpc) is 2.09. The van der Waals surface area contributed by atoms with E-state index in [-0.39, 0.29) is 0 Å². The number of hydrogen-bond acceptors (Lipinski definition) is 1. The first-order valence-electron chi connectivity index (χ1n) is 3.94. The predicted molar refractivity (Wildman–Crippen MR) is 48.7 cm³/mol. The summed E-state index contributed by atoms with van der Waals surface area (Å²) in [6.07, 6.45) is 0.840. The normalized spacial score (nSPS) is 9.50. The lowest BCUT2D eigenvalue weighted by Gasteiger charge is -2.11. The van der Waals surface area contributed by atoms with Gasteiger partial charge in [-0.05, 0) is 18.1 Å². The fraction of sp³-hybridized carbons (Fsp3) is 0.300. The van der Waals surface area contributed by atoms with Gasteiger partial charge in [0.1, 0.15) is 0 Å². The Labute approximate surface area is 72.8 Å². The van der Waals surface area contributed by atoms with Crippen molar-refractivity contribution in [1.29, 1.82) is 0 Å². The summed E-state index contributed by atoms with van der Waals surface area (Å²) in [5.41, 5.74) is 2.43. The standard InChI is InChI=1S/C10H13NO/c1-9-5-3-4-6-10(9)7-11(2)8-12/h3-6,8H,7H2,1-2H3. The van der Waals surface area contributed by atoms with E-state index in [1.165, 1.54) is 11.1 Å². The molecule has 0 fully saturated rings. The Hall–Kier alpha value is -1.31. The van der Waals surface area contributed by atoms with Crippen LogP contribution < -0.4 is 0 Å². The van der Waals surface area contributed by atoms with Gasteiger partial charge in [0, 0.05) is 13.6 Å². The molecule has 0 radical (unpaired) electrons. The van der Waals surface area contributed by atoms with Crippen molar-refractivity contribution in [3.63, 3.8) is 0 Å². The van der Waals surface area contributed by atoms with E-state index in [4.69, 9.17) is 0 Å². The zero-order chi connectivity index (χ0) is 8.97. The van der Waals surface area contributed by atoms with Gasteiger partial charge in [-0.1, -0.05) is 24.3 Å². The molecule has 0 aliphatic rings. The second-order valence-electron chi connectivity index (χ2n) is 2.95. The molecule has 0 unspecified atom stereocenters. The van der Waals surface area contributed by atoms with Crippen LogP contribution in [0.3, 0.4) is 0 Å². The van der Waals surface area contributed by atoms with Crippen molar-refractivity contribution in [2.24, 2.45) is 0 Å². The quantitative estimate of drug-likeness (QED) is 0.619. The van der Waals surface area contributed by atoms with E-state index in [1.54, 1.807) is 11.9 Å². The van der Waals surface area contributed by atoms with Crippen LogP contribution in [0.2, 0.25) is 0 Å². The van der Waals surface area contributed by atoms with Gasteiger partial charge in [-0.2, -0.15) is 0 Å². The fourth-order valence-corrected chi connectivity index (χ4v) is 1.09. The van der Waals surface area contributed by atoms with Crippen molar-refractivity contribution in [3.05, 3.63) is 35.4 Å². The number of aryl methyl sites for hydroxylation is 1. The van der Waals surface area contributed by atoms with Crippen molar-refractivity contribution in [2.45, 2.75) is 13.5 Å². The highest BCUT2D eigenvalue weighted by Gasteiger charge is 1.98. The van der Waals surface area contributed by atoms with Crippen LogP contribution in [0, 0.1) is 6.92 Å². The van der Waals surface area contributed by atoms with Gasteiger partial charge in [-0.3, -0.25) is 4.79 Å². The largest absolute Gasteiger partial charge is 0.344 e. The first kappa shape index (κ1) is 8.78. The number of hydrogen-bond donors (Lipinski definition) is 0. The summed E-state index contributed by atoms with van der Waals surface area (Å²) in [6.45, 7) is 2.74. The van der Waals surface area contributed by atoms with Crippen molar-refractivity contribution in [2.75, 3.05) is 7.05 Å². The highest BCUT2D eigenvalue weighted by molar-refractivity contribution is 5.47. The number of nitrogens with zero attached hydrogens (tertiary/aromatic N) is 1. The minimum Gasteiger partial charge on any atom is -0.344 e. The van der Waals surface area contributed by atoms with Gasteiger partial charge < -0.3 is 4.90 Å². The summed E-state index contributed by atoms with van der Waals surface area (Å²) in [5.74, 6) is 0. The molecule has 12 heavy (non-hydrogen) atoms. The maximum Gasteiger partial charge on any atom is 0.209 e. The molecule has 1 rings (SSSR count). The van der Waals surface area contributed by atoms with Gasteiger partial charge in [-0.25, -0.2) is 0 Å². The van der Waals surface area contributed by atoms with Gasteiger partial charge in [0.05, 0.1) is 0 Å². The molecule has 0 bridgehead atoms. The number of rotatable bonds is 3. The lowest BCUT2D eigenvalue weighted by molar-refractivity contribution is -0.117. The third-order valence-electron chi connectivity index (χ3n) is 1.86. The molecular weight excluding hydrogens is 150 g/mol. The molecule has 0 aliphatic carbocycles. The molecule has 1 aromatic carbocycles. The summed E-state index contributed by atoms with van der Waals surface area (Å²) < 4.78 is 0. The van der Waals surface area contributed by atoms with Crippen LogP contribution in [0.15, 0.2) is 24.3 Å². The van der Waals surface area contributed by atoms with Crippen LogP contribution in [-0.4, -0.2) is 18.4 Å². The Kier molecular flexibility index (Phi) is 2.86. The van der Waals surface area contributed by atoms with Crippen LogP contribution in [0.1, 0.15) is 11.1 Å². The Morgan fingerprint density at radius 1 is 1.42 bits per heavy atom. The first-order valence-corrected chi connectivity index (χ1v) is 3.94. The van der Waals surface area contributed by atoms with E-state index in [2.05, 4.69) is 0 Å². The lowest BCUT2D eigenvalue weighted by Crippen LogP contribution is -2.15. The summed E-state index contributed by atoms with van der Waals surface area (Å²) in [4.78, 5) is 12.0. The third-order valence-corrected chi connectivity index (χ3v) is 1.86. The van der Waals surface area contributed by atoms with Crippen LogP contribution >= 0.6 is 0 Å². The van der Waals surface area contributed by atoms with E-state index >= 15 is 0 Å². The minimum atomic E-state index is 0.691. The fourth-order valence-electron chi connectivity index (χ4n) is 1.09. The van der Waals surface area contributed by atoms with E-state index < -0.39 is 0 Å². The molecule has 0 aromatic heterocycles. The highest BCUT2D eigenvalue weighted by Crippen LogP contribution is 2.07. The summed E-state index contributed by atoms with van der Waals surface area (Å²) >= 11 is 0. The Balaban J connectivity index is 2.75. The van der Waals surface area contributed by atoms with Crippen LogP contribution in [0.5, 0.6) is 0 Å². The highest BCUT2D eigenvalue weighted by atomic mass is 16.1. The topological polar surface area (TPSA) is 20.3 Å². The van der Waals surface area contributed by atoms with E-state index in [0.717, 1.165) is 6.41 Å².